The van der Waals surface area contributed by atoms with Gasteiger partial charge in [0.05, 0.1) is 24.5 Å². The van der Waals surface area contributed by atoms with Crippen molar-refractivity contribution in [2.24, 2.45) is 4.36 Å². The molecule has 0 aromatic carbocycles. The average molecular weight is 555 g/mol. The first kappa shape index (κ1) is 24.7. The Kier molecular flexibility index (Phi) is 10.5. The third kappa shape index (κ3) is 8.70. The number of halogens is 1. The second-order valence-corrected chi connectivity index (χ2v) is 7.67. The van der Waals surface area contributed by atoms with Gasteiger partial charge >= 0.3 is 22.5 Å². The van der Waals surface area contributed by atoms with Crippen molar-refractivity contribution in [3.05, 3.63) is 25.6 Å². The van der Waals surface area contributed by atoms with Gasteiger partial charge in [-0.2, -0.15) is 13.4 Å². The van der Waals surface area contributed by atoms with Gasteiger partial charge in [-0.05, 0) is 43.4 Å². The number of aryl methyl sites for hydroxylation is 1. The Hall–Kier alpha value is -2.33. The molecule has 29 heavy (non-hydrogen) atoms. The lowest BCUT2D eigenvalue weighted by atomic mass is 10.2. The van der Waals surface area contributed by atoms with Crippen LogP contribution in [0.4, 0.5) is 16.4 Å². The summed E-state index contributed by atoms with van der Waals surface area (Å²) in [6.45, 7) is 6.22. The van der Waals surface area contributed by atoms with Gasteiger partial charge in [0.1, 0.15) is 3.70 Å². The Morgan fingerprint density at radius 1 is 1.31 bits per heavy atom. The number of hydrogen-bond acceptors (Lipinski definition) is 10. The van der Waals surface area contributed by atoms with E-state index in [-0.39, 0.29) is 17.8 Å². The molecule has 0 saturated carbocycles. The normalized spacial score (nSPS) is 9.66. The quantitative estimate of drug-likeness (QED) is 0.321. The fourth-order valence-electron chi connectivity index (χ4n) is 1.69. The first-order valence-electron chi connectivity index (χ1n) is 7.98. The number of thiophene rings is 1. The van der Waals surface area contributed by atoms with Crippen LogP contribution in [-0.4, -0.2) is 43.6 Å². The van der Waals surface area contributed by atoms with Crippen LogP contribution in [0.15, 0.2) is 15.8 Å². The number of nitrogens with zero attached hydrogens (tertiary/aromatic N) is 3. The lowest BCUT2D eigenvalue weighted by molar-refractivity contribution is 0.0528. The molecule has 0 aliphatic carbocycles. The molecule has 2 aromatic heterocycles. The van der Waals surface area contributed by atoms with E-state index >= 15 is 0 Å². The van der Waals surface area contributed by atoms with Crippen molar-refractivity contribution in [1.29, 1.82) is 0 Å². The van der Waals surface area contributed by atoms with E-state index in [9.17, 15) is 18.0 Å². The molecule has 0 fully saturated rings. The summed E-state index contributed by atoms with van der Waals surface area (Å²) in [6.07, 6.45) is 0. The predicted molar refractivity (Wildman–Crippen MR) is 116 cm³/mol. The van der Waals surface area contributed by atoms with E-state index in [1.807, 2.05) is 29.5 Å². The van der Waals surface area contributed by atoms with Crippen LogP contribution in [0.1, 0.15) is 29.1 Å². The highest BCUT2D eigenvalue weighted by Gasteiger charge is 2.13. The molecule has 2 aromatic rings. The maximum absolute atomic E-state index is 11.2. The number of carbonyl (C=O) groups excluding carboxylic acids is 2. The first-order valence-corrected chi connectivity index (χ1v) is 11.0. The van der Waals surface area contributed by atoms with Crippen molar-refractivity contribution in [2.75, 3.05) is 24.3 Å². The zero-order valence-electron chi connectivity index (χ0n) is 15.6. The smallest absolute Gasteiger partial charge is 0.362 e. The van der Waals surface area contributed by atoms with Crippen LogP contribution in [-0.2, 0) is 15.2 Å². The zero-order valence-corrected chi connectivity index (χ0v) is 19.4. The van der Waals surface area contributed by atoms with E-state index in [4.69, 9.17) is 15.2 Å². The summed E-state index contributed by atoms with van der Waals surface area (Å²) in [7, 11) is -2.81. The van der Waals surface area contributed by atoms with Crippen LogP contribution in [0.5, 0.6) is 5.88 Å². The predicted octanol–water partition coefficient (Wildman–Crippen LogP) is 2.89. The van der Waals surface area contributed by atoms with Crippen LogP contribution < -0.4 is 15.8 Å². The highest BCUT2D eigenvalue weighted by Crippen LogP contribution is 2.24. The fraction of sp³-hybridized carbons (Fsp3) is 0.333. The van der Waals surface area contributed by atoms with Crippen LogP contribution >= 0.6 is 33.9 Å². The van der Waals surface area contributed by atoms with Gasteiger partial charge in [-0.15, -0.1) is 11.3 Å². The van der Waals surface area contributed by atoms with Crippen molar-refractivity contribution in [2.45, 2.75) is 20.8 Å². The number of urea groups is 1. The first-order chi connectivity index (χ1) is 13.7. The average Bonchev–Trinajstić information content (AvgIpc) is 2.94. The number of nitrogen functional groups attached to an aromatic ring is 1. The minimum absolute atomic E-state index is 0.0699. The molecule has 0 saturated heterocycles. The molecular formula is C15H18IN5O6S2. The van der Waals surface area contributed by atoms with Gasteiger partial charge in [-0.3, -0.25) is 5.32 Å². The van der Waals surface area contributed by atoms with Crippen LogP contribution in [0, 0.1) is 10.6 Å². The topological polar surface area (TPSA) is 163 Å². The maximum Gasteiger partial charge on any atom is 0.362 e. The largest absolute Gasteiger partial charge is 0.478 e. The lowest BCUT2D eigenvalue weighted by Crippen LogP contribution is -2.10. The second kappa shape index (κ2) is 12.3. The molecular weight excluding hydrogens is 537 g/mol. The number of nitrogens with two attached hydrogens (primary N) is 1. The molecule has 2 amide bonds. The highest BCUT2D eigenvalue weighted by molar-refractivity contribution is 14.1. The molecule has 11 nitrogen and oxygen atoms in total. The Balaban J connectivity index is 0.000000308. The van der Waals surface area contributed by atoms with Crippen molar-refractivity contribution in [3.63, 3.8) is 0 Å². The molecule has 0 spiro atoms. The standard InChI is InChI=1S/C8H11NO2S.C7H7IN4O4S/c1-3-11-8(10)6-4-12-5(2)7(6)9;1-2-16-5-3-4(8)9-6(10-5)11-7(13)12-17(14)15/h4H,3,9H2,1-2H3;3H,2H2,1H3,(H,9,10,11,13). The van der Waals surface area contributed by atoms with Crippen molar-refractivity contribution < 1.29 is 27.5 Å². The van der Waals surface area contributed by atoms with Crippen molar-refractivity contribution in [3.8, 4) is 5.88 Å². The summed E-state index contributed by atoms with van der Waals surface area (Å²) in [5.41, 5.74) is 6.67. The van der Waals surface area contributed by atoms with Crippen molar-refractivity contribution in [1.82, 2.24) is 9.97 Å². The van der Waals surface area contributed by atoms with Gasteiger partial charge in [-0.1, -0.05) is 4.36 Å². The van der Waals surface area contributed by atoms with E-state index in [1.165, 1.54) is 11.3 Å². The molecule has 14 heteroatoms. The summed E-state index contributed by atoms with van der Waals surface area (Å²) in [6, 6.07) is 0.505. The molecule has 0 bridgehead atoms. The molecule has 2 rings (SSSR count). The Morgan fingerprint density at radius 2 is 2.00 bits per heavy atom. The summed E-state index contributed by atoms with van der Waals surface area (Å²) >= 11 is 3.37. The molecule has 158 valence electrons. The van der Waals surface area contributed by atoms with E-state index < -0.39 is 16.5 Å². The Bertz CT molecular complexity index is 1000. The van der Waals surface area contributed by atoms with E-state index in [2.05, 4.69) is 19.6 Å². The van der Waals surface area contributed by atoms with E-state index in [0.29, 0.717) is 28.2 Å². The Morgan fingerprint density at radius 3 is 2.52 bits per heavy atom. The Labute approximate surface area is 185 Å². The minimum Gasteiger partial charge on any atom is -0.478 e. The molecule has 0 aliphatic heterocycles. The third-order valence-corrected chi connectivity index (χ3v) is 4.65. The number of anilines is 2. The summed E-state index contributed by atoms with van der Waals surface area (Å²) in [5.74, 6) is -0.121. The molecule has 0 unspecified atom stereocenters. The van der Waals surface area contributed by atoms with E-state index in [0.717, 1.165) is 4.88 Å². The van der Waals surface area contributed by atoms with Gasteiger partial charge in [0.2, 0.25) is 11.8 Å². The zero-order chi connectivity index (χ0) is 22.0. The van der Waals surface area contributed by atoms with Gasteiger partial charge in [-0.25, -0.2) is 14.6 Å². The van der Waals surface area contributed by atoms with Crippen LogP contribution in [0.2, 0.25) is 0 Å². The highest BCUT2D eigenvalue weighted by atomic mass is 127. The maximum atomic E-state index is 11.2. The van der Waals surface area contributed by atoms with Gasteiger partial charge in [0, 0.05) is 16.3 Å². The number of ether oxygens (including phenoxy) is 2. The van der Waals surface area contributed by atoms with E-state index in [1.54, 1.807) is 25.3 Å². The molecule has 0 aliphatic rings. The lowest BCUT2D eigenvalue weighted by Gasteiger charge is -2.04. The van der Waals surface area contributed by atoms with Crippen LogP contribution in [0.3, 0.4) is 0 Å². The van der Waals surface area contributed by atoms with Gasteiger partial charge in [0.15, 0.2) is 0 Å². The number of hydrogen-bond donors (Lipinski definition) is 2. The third-order valence-electron chi connectivity index (χ3n) is 2.86. The summed E-state index contributed by atoms with van der Waals surface area (Å²) in [4.78, 5) is 30.9. The van der Waals surface area contributed by atoms with Gasteiger partial charge < -0.3 is 15.2 Å². The summed E-state index contributed by atoms with van der Waals surface area (Å²) in [5, 5.41) is 3.83. The van der Waals surface area contributed by atoms with Crippen molar-refractivity contribution >= 4 is 68.1 Å². The number of carbonyl (C=O) groups is 2. The number of esters is 1. The van der Waals surface area contributed by atoms with Crippen LogP contribution in [0.25, 0.3) is 0 Å². The minimum atomic E-state index is -2.81. The molecule has 3 N–H and O–H groups in total. The number of rotatable bonds is 5. The molecule has 0 atom stereocenters. The number of aromatic nitrogens is 2. The molecule has 2 heterocycles. The number of nitrogens with one attached hydrogen (secondary N) is 1. The number of amides is 2. The fourth-order valence-corrected chi connectivity index (χ4v) is 3.12. The monoisotopic (exact) mass is 555 g/mol. The summed E-state index contributed by atoms with van der Waals surface area (Å²) < 4.78 is 33.5. The SMILES string of the molecule is CCOC(=O)c1csc(C)c1N.CCOc1cc(I)nc(NC(=O)N=S(=O)=O)n1. The second-order valence-electron chi connectivity index (χ2n) is 4.86. The molecule has 0 radical (unpaired) electrons. The van der Waals surface area contributed by atoms with Gasteiger partial charge in [0.25, 0.3) is 0 Å².